The quantitative estimate of drug-likeness (QED) is 0.811. The molecular formula is C22H33N3O2. The van der Waals surface area contributed by atoms with Crippen molar-refractivity contribution in [2.45, 2.75) is 57.2 Å². The van der Waals surface area contributed by atoms with Gasteiger partial charge in [-0.15, -0.1) is 0 Å². The number of rotatable bonds is 4. The minimum Gasteiger partial charge on any atom is -0.454 e. The number of hydrogen-bond donors (Lipinski definition) is 0. The molecule has 0 amide bonds. The van der Waals surface area contributed by atoms with Crippen LogP contribution in [0, 0.1) is 0 Å². The molecule has 1 atom stereocenters. The summed E-state index contributed by atoms with van der Waals surface area (Å²) in [5.74, 6) is 1.79. The maximum absolute atomic E-state index is 5.52. The molecular weight excluding hydrogens is 338 g/mol. The molecule has 4 aliphatic rings. The topological polar surface area (TPSA) is 28.2 Å². The van der Waals surface area contributed by atoms with E-state index in [2.05, 4.69) is 26.8 Å². The van der Waals surface area contributed by atoms with Gasteiger partial charge in [-0.1, -0.05) is 18.9 Å². The maximum atomic E-state index is 5.52. The molecule has 0 unspecified atom stereocenters. The van der Waals surface area contributed by atoms with E-state index in [4.69, 9.17) is 9.47 Å². The Hall–Kier alpha value is -1.30. The van der Waals surface area contributed by atoms with Gasteiger partial charge in [-0.25, -0.2) is 0 Å². The molecule has 0 aromatic heterocycles. The van der Waals surface area contributed by atoms with Gasteiger partial charge in [0.05, 0.1) is 0 Å². The standard InChI is InChI=1S/C22H33N3O2/c1-2-5-19(4-1)25-9-3-6-20(16-25)24-12-10-23(11-13-24)15-18-7-8-21-22(14-18)27-17-26-21/h7-8,14,19-20H,1-6,9-13,15-17H2/t20-/m0/s1. The number of benzene rings is 1. The van der Waals surface area contributed by atoms with Gasteiger partial charge in [-0.3, -0.25) is 14.7 Å². The zero-order valence-electron chi connectivity index (χ0n) is 16.4. The van der Waals surface area contributed by atoms with Crippen molar-refractivity contribution in [1.82, 2.24) is 14.7 Å². The second-order valence-electron chi connectivity index (χ2n) is 8.73. The lowest BCUT2D eigenvalue weighted by Gasteiger charge is -2.45. The highest BCUT2D eigenvalue weighted by molar-refractivity contribution is 5.44. The first-order valence-electron chi connectivity index (χ1n) is 10.9. The summed E-state index contributed by atoms with van der Waals surface area (Å²) in [7, 11) is 0. The van der Waals surface area contributed by atoms with Crippen molar-refractivity contribution in [3.8, 4) is 11.5 Å². The van der Waals surface area contributed by atoms with Gasteiger partial charge in [0.1, 0.15) is 0 Å². The van der Waals surface area contributed by atoms with Crippen molar-refractivity contribution in [3.05, 3.63) is 23.8 Å². The number of ether oxygens (including phenoxy) is 2. The predicted octanol–water partition coefficient (Wildman–Crippen LogP) is 2.94. The number of likely N-dealkylation sites (tertiary alicyclic amines) is 1. The highest BCUT2D eigenvalue weighted by Crippen LogP contribution is 2.33. The van der Waals surface area contributed by atoms with E-state index >= 15 is 0 Å². The summed E-state index contributed by atoms with van der Waals surface area (Å²) in [6.45, 7) is 8.81. The number of nitrogens with zero attached hydrogens (tertiary/aromatic N) is 3. The summed E-state index contributed by atoms with van der Waals surface area (Å²) in [6.07, 6.45) is 8.56. The van der Waals surface area contributed by atoms with Gasteiger partial charge in [-0.2, -0.15) is 0 Å². The van der Waals surface area contributed by atoms with Gasteiger partial charge in [-0.05, 0) is 49.9 Å². The third-order valence-corrected chi connectivity index (χ3v) is 7.04. The van der Waals surface area contributed by atoms with Crippen molar-refractivity contribution < 1.29 is 9.47 Å². The molecule has 1 aliphatic carbocycles. The Bertz CT molecular complexity index is 638. The fourth-order valence-corrected chi connectivity index (χ4v) is 5.47. The van der Waals surface area contributed by atoms with Crippen LogP contribution in [-0.2, 0) is 6.54 Å². The van der Waals surface area contributed by atoms with E-state index in [1.807, 2.05) is 6.07 Å². The smallest absolute Gasteiger partial charge is 0.231 e. The molecule has 1 aromatic carbocycles. The number of hydrogen-bond acceptors (Lipinski definition) is 5. The van der Waals surface area contributed by atoms with Crippen molar-refractivity contribution in [1.29, 1.82) is 0 Å². The van der Waals surface area contributed by atoms with Gasteiger partial charge in [0.15, 0.2) is 11.5 Å². The second kappa shape index (κ2) is 7.98. The number of piperazine rings is 1. The number of fused-ring (bicyclic) bond motifs is 1. The first kappa shape index (κ1) is 17.8. The summed E-state index contributed by atoms with van der Waals surface area (Å²) in [5, 5.41) is 0. The molecule has 3 heterocycles. The molecule has 0 radical (unpaired) electrons. The number of piperidine rings is 1. The second-order valence-corrected chi connectivity index (χ2v) is 8.73. The van der Waals surface area contributed by atoms with Gasteiger partial charge in [0.25, 0.3) is 0 Å². The summed E-state index contributed by atoms with van der Waals surface area (Å²) >= 11 is 0. The van der Waals surface area contributed by atoms with Crippen LogP contribution in [0.3, 0.4) is 0 Å². The van der Waals surface area contributed by atoms with Crippen molar-refractivity contribution in [3.63, 3.8) is 0 Å². The van der Waals surface area contributed by atoms with Crippen LogP contribution in [0.2, 0.25) is 0 Å². The van der Waals surface area contributed by atoms with Crippen LogP contribution in [-0.4, -0.2) is 72.8 Å². The lowest BCUT2D eigenvalue weighted by molar-refractivity contribution is 0.0368. The Morgan fingerprint density at radius 1 is 0.778 bits per heavy atom. The molecule has 1 saturated carbocycles. The normalized spacial score (nSPS) is 28.1. The zero-order valence-corrected chi connectivity index (χ0v) is 16.4. The van der Waals surface area contributed by atoms with Crippen molar-refractivity contribution in [2.24, 2.45) is 0 Å². The molecule has 0 N–H and O–H groups in total. The van der Waals surface area contributed by atoms with E-state index < -0.39 is 0 Å². The first-order chi connectivity index (χ1) is 13.3. The highest BCUT2D eigenvalue weighted by Gasteiger charge is 2.32. The third-order valence-electron chi connectivity index (χ3n) is 7.04. The molecule has 148 valence electrons. The lowest BCUT2D eigenvalue weighted by atomic mass is 10.0. The fourth-order valence-electron chi connectivity index (χ4n) is 5.47. The molecule has 1 aromatic rings. The molecule has 27 heavy (non-hydrogen) atoms. The molecule has 2 saturated heterocycles. The first-order valence-corrected chi connectivity index (χ1v) is 10.9. The Morgan fingerprint density at radius 3 is 2.41 bits per heavy atom. The third kappa shape index (κ3) is 3.96. The largest absolute Gasteiger partial charge is 0.454 e. The zero-order chi connectivity index (χ0) is 18.1. The van der Waals surface area contributed by atoms with E-state index in [1.165, 1.54) is 83.4 Å². The molecule has 5 heteroatoms. The molecule has 3 fully saturated rings. The fraction of sp³-hybridized carbons (Fsp3) is 0.727. The van der Waals surface area contributed by atoms with E-state index in [0.29, 0.717) is 6.79 Å². The molecule has 3 aliphatic heterocycles. The van der Waals surface area contributed by atoms with Gasteiger partial charge in [0, 0.05) is 51.4 Å². The van der Waals surface area contributed by atoms with Crippen LogP contribution in [0.25, 0.3) is 0 Å². The maximum Gasteiger partial charge on any atom is 0.231 e. The van der Waals surface area contributed by atoms with Crippen molar-refractivity contribution in [2.75, 3.05) is 46.1 Å². The van der Waals surface area contributed by atoms with Crippen molar-refractivity contribution >= 4 is 0 Å². The van der Waals surface area contributed by atoms with E-state index in [1.54, 1.807) is 0 Å². The van der Waals surface area contributed by atoms with Gasteiger partial charge in [0.2, 0.25) is 6.79 Å². The van der Waals surface area contributed by atoms with Crippen LogP contribution in [0.1, 0.15) is 44.1 Å². The Labute approximate surface area is 163 Å². The SMILES string of the molecule is c1cc2c(cc1CN1CCN([C@H]3CCCN(C4CCCC4)C3)CC1)OCO2. The van der Waals surface area contributed by atoms with Gasteiger partial charge < -0.3 is 9.47 Å². The average molecular weight is 372 g/mol. The van der Waals surface area contributed by atoms with E-state index in [0.717, 1.165) is 30.1 Å². The lowest BCUT2D eigenvalue weighted by Crippen LogP contribution is -2.55. The van der Waals surface area contributed by atoms with Crippen LogP contribution in [0.5, 0.6) is 11.5 Å². The molecule has 0 spiro atoms. The van der Waals surface area contributed by atoms with Crippen LogP contribution < -0.4 is 9.47 Å². The highest BCUT2D eigenvalue weighted by atomic mass is 16.7. The predicted molar refractivity (Wildman–Crippen MR) is 106 cm³/mol. The average Bonchev–Trinajstić information content (AvgIpc) is 3.40. The minimum atomic E-state index is 0.358. The Kier molecular flexibility index (Phi) is 5.25. The van der Waals surface area contributed by atoms with E-state index in [9.17, 15) is 0 Å². The van der Waals surface area contributed by atoms with Gasteiger partial charge >= 0.3 is 0 Å². The molecule has 0 bridgehead atoms. The summed E-state index contributed by atoms with van der Waals surface area (Å²) in [4.78, 5) is 8.18. The van der Waals surface area contributed by atoms with Crippen LogP contribution >= 0.6 is 0 Å². The molecule has 5 rings (SSSR count). The molecule has 5 nitrogen and oxygen atoms in total. The van der Waals surface area contributed by atoms with Crippen LogP contribution in [0.15, 0.2) is 18.2 Å². The summed E-state index contributed by atoms with van der Waals surface area (Å²) in [5.41, 5.74) is 1.33. The Balaban J connectivity index is 1.12. The monoisotopic (exact) mass is 371 g/mol. The summed E-state index contributed by atoms with van der Waals surface area (Å²) in [6, 6.07) is 8.05. The summed E-state index contributed by atoms with van der Waals surface area (Å²) < 4.78 is 10.9. The Morgan fingerprint density at radius 2 is 1.56 bits per heavy atom. The van der Waals surface area contributed by atoms with Crippen LogP contribution in [0.4, 0.5) is 0 Å². The minimum absolute atomic E-state index is 0.358. The van der Waals surface area contributed by atoms with E-state index in [-0.39, 0.29) is 0 Å².